The van der Waals surface area contributed by atoms with Crippen molar-refractivity contribution in [1.82, 2.24) is 9.97 Å². The molecule has 0 bridgehead atoms. The van der Waals surface area contributed by atoms with Gasteiger partial charge in [0.25, 0.3) is 0 Å². The molecule has 2 rings (SSSR count). The van der Waals surface area contributed by atoms with Gasteiger partial charge in [-0.3, -0.25) is 4.98 Å². The van der Waals surface area contributed by atoms with E-state index >= 15 is 0 Å². The lowest BCUT2D eigenvalue weighted by molar-refractivity contribution is 0.215. The third-order valence-electron chi connectivity index (χ3n) is 3.83. The fraction of sp³-hybridized carbons (Fsp3) is 0.429. The van der Waals surface area contributed by atoms with Crippen LogP contribution in [0.1, 0.15) is 50.6 Å². The monoisotopic (exact) mass is 341 g/mol. The van der Waals surface area contributed by atoms with Crippen molar-refractivity contribution in [1.29, 1.82) is 0 Å². The quantitative estimate of drug-likeness (QED) is 0.801. The van der Waals surface area contributed by atoms with Gasteiger partial charge in [0.2, 0.25) is 0 Å². The van der Waals surface area contributed by atoms with Gasteiger partial charge in [-0.1, -0.05) is 20.4 Å². The van der Waals surface area contributed by atoms with E-state index in [4.69, 9.17) is 4.98 Å². The summed E-state index contributed by atoms with van der Waals surface area (Å²) < 4.78 is 4.54. The van der Waals surface area contributed by atoms with Gasteiger partial charge in [-0.2, -0.15) is 0 Å². The number of pyridine rings is 2. The molecule has 4 nitrogen and oxygen atoms in total. The van der Waals surface area contributed by atoms with E-state index in [0.717, 1.165) is 46.1 Å². The molecule has 4 heteroatoms. The molecule has 0 aliphatic carbocycles. The van der Waals surface area contributed by atoms with Crippen molar-refractivity contribution in [2.24, 2.45) is 0 Å². The van der Waals surface area contributed by atoms with Crippen molar-refractivity contribution in [2.75, 3.05) is 26.1 Å². The number of methoxy groups -OCH3 is 1. The molecule has 0 amide bonds. The number of allylic oxidation sites excluding steroid dienone is 1. The Bertz CT molecular complexity index is 689. The molecule has 0 spiro atoms. The summed E-state index contributed by atoms with van der Waals surface area (Å²) in [6, 6.07) is 6.29. The number of aromatic nitrogens is 2. The van der Waals surface area contributed by atoms with Gasteiger partial charge in [0.15, 0.2) is 0 Å². The van der Waals surface area contributed by atoms with Crippen LogP contribution in [0.2, 0.25) is 0 Å². The molecular weight excluding hydrogens is 310 g/mol. The number of hydrogen-bond donors (Lipinski definition) is 1. The Morgan fingerprint density at radius 3 is 2.36 bits per heavy atom. The van der Waals surface area contributed by atoms with Crippen molar-refractivity contribution in [3.8, 4) is 11.3 Å². The van der Waals surface area contributed by atoms with Crippen LogP contribution in [-0.2, 0) is 4.74 Å². The number of anilines is 1. The number of ether oxygens (including phenoxy) is 1. The molecule has 0 aromatic carbocycles. The second-order valence-corrected chi connectivity index (χ2v) is 6.28. The van der Waals surface area contributed by atoms with Gasteiger partial charge in [-0.05, 0) is 56.0 Å². The molecule has 1 N–H and O–H groups in total. The second-order valence-electron chi connectivity index (χ2n) is 6.28. The SMILES string of the molecule is C=C(C)c1nc(-c2ccc(C(C)C)nc2)c(C)cc1NC.CCOC. The summed E-state index contributed by atoms with van der Waals surface area (Å²) >= 11 is 0. The maximum atomic E-state index is 4.79. The minimum Gasteiger partial charge on any atom is -0.386 e. The van der Waals surface area contributed by atoms with E-state index in [9.17, 15) is 0 Å². The van der Waals surface area contributed by atoms with Crippen LogP contribution in [0.25, 0.3) is 16.8 Å². The smallest absolute Gasteiger partial charge is 0.0891 e. The number of rotatable bonds is 5. The predicted molar refractivity (Wildman–Crippen MR) is 108 cm³/mol. The zero-order chi connectivity index (χ0) is 19.0. The molecule has 2 aromatic heterocycles. The molecule has 0 atom stereocenters. The van der Waals surface area contributed by atoms with Gasteiger partial charge >= 0.3 is 0 Å². The van der Waals surface area contributed by atoms with E-state index in [1.807, 2.05) is 27.1 Å². The van der Waals surface area contributed by atoms with E-state index in [-0.39, 0.29) is 0 Å². The Morgan fingerprint density at radius 2 is 1.96 bits per heavy atom. The maximum absolute atomic E-state index is 4.79. The zero-order valence-electron chi connectivity index (χ0n) is 16.6. The Hall–Kier alpha value is -2.20. The summed E-state index contributed by atoms with van der Waals surface area (Å²) in [6.45, 7) is 15.1. The minimum absolute atomic E-state index is 0.436. The highest BCUT2D eigenvalue weighted by Crippen LogP contribution is 2.29. The molecular formula is C21H31N3O. The summed E-state index contributed by atoms with van der Waals surface area (Å²) in [4.78, 5) is 9.32. The van der Waals surface area contributed by atoms with Gasteiger partial charge in [0.1, 0.15) is 0 Å². The number of nitrogens with one attached hydrogen (secondary N) is 1. The summed E-state index contributed by atoms with van der Waals surface area (Å²) in [5, 5.41) is 3.18. The van der Waals surface area contributed by atoms with Crippen molar-refractivity contribution in [2.45, 2.75) is 40.5 Å². The van der Waals surface area contributed by atoms with Crippen LogP contribution in [0.5, 0.6) is 0 Å². The number of aryl methyl sites for hydroxylation is 1. The third kappa shape index (κ3) is 5.68. The first kappa shape index (κ1) is 20.8. The fourth-order valence-electron chi connectivity index (χ4n) is 2.31. The molecule has 2 aromatic rings. The van der Waals surface area contributed by atoms with Crippen molar-refractivity contribution >= 4 is 11.3 Å². The van der Waals surface area contributed by atoms with Gasteiger partial charge in [-0.15, -0.1) is 0 Å². The molecule has 2 heterocycles. The predicted octanol–water partition coefficient (Wildman–Crippen LogP) is 5.30. The van der Waals surface area contributed by atoms with Crippen molar-refractivity contribution in [3.63, 3.8) is 0 Å². The number of hydrogen-bond acceptors (Lipinski definition) is 4. The standard InChI is InChI=1S/C18H23N3.C3H8O/c1-11(2)15-8-7-14(10-20-15)18-13(5)9-16(19-6)17(21-18)12(3)4;1-3-4-2/h7-11,19H,3H2,1-2,4-6H3;3H2,1-2H3. The second kappa shape index (κ2) is 9.94. The van der Waals surface area contributed by atoms with Crippen molar-refractivity contribution in [3.05, 3.63) is 47.9 Å². The van der Waals surface area contributed by atoms with Gasteiger partial charge in [0.05, 0.1) is 17.1 Å². The van der Waals surface area contributed by atoms with Crippen LogP contribution in [0.3, 0.4) is 0 Å². The first-order valence-corrected chi connectivity index (χ1v) is 8.66. The summed E-state index contributed by atoms with van der Waals surface area (Å²) in [5.74, 6) is 0.436. The average Bonchev–Trinajstić information content (AvgIpc) is 2.61. The highest BCUT2D eigenvalue weighted by molar-refractivity contribution is 5.75. The molecule has 0 radical (unpaired) electrons. The zero-order valence-corrected chi connectivity index (χ0v) is 16.6. The van der Waals surface area contributed by atoms with E-state index in [1.165, 1.54) is 0 Å². The molecule has 0 saturated heterocycles. The van der Waals surface area contributed by atoms with Crippen LogP contribution in [0.15, 0.2) is 31.0 Å². The van der Waals surface area contributed by atoms with Crippen LogP contribution < -0.4 is 5.32 Å². The molecule has 0 aliphatic heterocycles. The Morgan fingerprint density at radius 1 is 1.32 bits per heavy atom. The largest absolute Gasteiger partial charge is 0.386 e. The molecule has 0 saturated carbocycles. The highest BCUT2D eigenvalue weighted by Gasteiger charge is 2.11. The Kier molecular flexibility index (Phi) is 8.29. The maximum Gasteiger partial charge on any atom is 0.0891 e. The Balaban J connectivity index is 0.000000705. The lowest BCUT2D eigenvalue weighted by Gasteiger charge is -2.14. The van der Waals surface area contributed by atoms with Crippen LogP contribution in [-0.4, -0.2) is 30.7 Å². The van der Waals surface area contributed by atoms with Crippen molar-refractivity contribution < 1.29 is 4.74 Å². The van der Waals surface area contributed by atoms with E-state index < -0.39 is 0 Å². The van der Waals surface area contributed by atoms with Gasteiger partial charge < -0.3 is 10.1 Å². The highest BCUT2D eigenvalue weighted by atomic mass is 16.5. The topological polar surface area (TPSA) is 47.0 Å². The van der Waals surface area contributed by atoms with Gasteiger partial charge in [-0.25, -0.2) is 4.98 Å². The third-order valence-corrected chi connectivity index (χ3v) is 3.83. The molecule has 0 aliphatic rings. The molecule has 0 fully saturated rings. The first-order valence-electron chi connectivity index (χ1n) is 8.66. The normalized spacial score (nSPS) is 10.2. The Labute approximate surface area is 152 Å². The fourth-order valence-corrected chi connectivity index (χ4v) is 2.31. The van der Waals surface area contributed by atoms with E-state index in [0.29, 0.717) is 5.92 Å². The molecule has 25 heavy (non-hydrogen) atoms. The lowest BCUT2D eigenvalue weighted by atomic mass is 10.0. The lowest BCUT2D eigenvalue weighted by Crippen LogP contribution is -2.01. The van der Waals surface area contributed by atoms with Crippen LogP contribution >= 0.6 is 0 Å². The number of nitrogens with zero attached hydrogens (tertiary/aromatic N) is 2. The van der Waals surface area contributed by atoms with Gasteiger partial charge in [0, 0.05) is 38.2 Å². The molecule has 0 unspecified atom stereocenters. The van der Waals surface area contributed by atoms with Crippen LogP contribution in [0, 0.1) is 6.92 Å². The summed E-state index contributed by atoms with van der Waals surface area (Å²) in [6.07, 6.45) is 1.91. The van der Waals surface area contributed by atoms with E-state index in [2.05, 4.69) is 60.6 Å². The summed E-state index contributed by atoms with van der Waals surface area (Å²) in [5.41, 5.74) is 7.11. The molecule has 136 valence electrons. The summed E-state index contributed by atoms with van der Waals surface area (Å²) in [7, 11) is 3.58. The van der Waals surface area contributed by atoms with E-state index in [1.54, 1.807) is 7.11 Å². The average molecular weight is 341 g/mol. The van der Waals surface area contributed by atoms with Crippen LogP contribution in [0.4, 0.5) is 5.69 Å². The minimum atomic E-state index is 0.436. The first-order chi connectivity index (χ1) is 11.8.